The van der Waals surface area contributed by atoms with E-state index in [1.165, 1.54) is 38.2 Å². The third-order valence-corrected chi connectivity index (χ3v) is 7.10. The number of nitrogens with one attached hydrogen (secondary N) is 2. The second kappa shape index (κ2) is 11.6. The van der Waals surface area contributed by atoms with Crippen LogP contribution in [0.1, 0.15) is 55.4 Å². The van der Waals surface area contributed by atoms with Crippen LogP contribution in [0.25, 0.3) is 10.9 Å². The first kappa shape index (κ1) is 30.8. The van der Waals surface area contributed by atoms with E-state index in [0.29, 0.717) is 5.56 Å². The van der Waals surface area contributed by atoms with Crippen LogP contribution in [-0.4, -0.2) is 44.4 Å². The summed E-state index contributed by atoms with van der Waals surface area (Å²) in [5.41, 5.74) is -1.45. The topological polar surface area (TPSA) is 104 Å². The molecule has 15 heteroatoms. The van der Waals surface area contributed by atoms with Gasteiger partial charge in [0.05, 0.1) is 33.2 Å². The zero-order valence-electron chi connectivity index (χ0n) is 22.8. The van der Waals surface area contributed by atoms with Gasteiger partial charge in [0, 0.05) is 35.1 Å². The molecule has 0 spiro atoms. The van der Waals surface area contributed by atoms with Gasteiger partial charge in [-0.3, -0.25) is 4.98 Å². The Morgan fingerprint density at radius 3 is 2.50 bits per heavy atom. The molecule has 222 valence electrons. The number of benzene rings is 1. The van der Waals surface area contributed by atoms with E-state index in [2.05, 4.69) is 30.9 Å². The van der Waals surface area contributed by atoms with Gasteiger partial charge in [-0.2, -0.15) is 27.2 Å². The van der Waals surface area contributed by atoms with Crippen molar-refractivity contribution in [2.75, 3.05) is 23.9 Å². The molecule has 0 saturated carbocycles. The molecule has 0 bridgehead atoms. The molecule has 2 N–H and O–H groups in total. The Kier molecular flexibility index (Phi) is 8.54. The third kappa shape index (κ3) is 5.92. The molecule has 0 amide bonds. The van der Waals surface area contributed by atoms with E-state index >= 15 is 4.39 Å². The summed E-state index contributed by atoms with van der Waals surface area (Å²) in [6, 6.07) is 5.18. The van der Waals surface area contributed by atoms with Crippen LogP contribution in [0.2, 0.25) is 5.02 Å². The van der Waals surface area contributed by atoms with Crippen LogP contribution in [0.3, 0.4) is 0 Å². The van der Waals surface area contributed by atoms with Gasteiger partial charge in [-0.15, -0.1) is 5.10 Å². The highest BCUT2D eigenvalue weighted by Crippen LogP contribution is 2.40. The van der Waals surface area contributed by atoms with Crippen molar-refractivity contribution in [1.82, 2.24) is 25.0 Å². The van der Waals surface area contributed by atoms with Crippen LogP contribution in [0.15, 0.2) is 30.5 Å². The molecule has 4 rings (SSSR count). The van der Waals surface area contributed by atoms with Crippen LogP contribution in [0, 0.1) is 35.6 Å². The largest absolute Gasteiger partial charge is 0.395 e. The van der Waals surface area contributed by atoms with Crippen LogP contribution in [0.5, 0.6) is 0 Å². The van der Waals surface area contributed by atoms with Gasteiger partial charge in [-0.05, 0) is 45.9 Å². The molecule has 3 aromatic heterocycles. The SMILES string of the molecule is Cc1nc(F)ccc1[C@H](Nc1cc(Cl)c2ncc(C#N)c(NCC(C)(C)C(F)(F)F)c2c1)c1nnn([C@@H](C)CF)c1F. The summed E-state index contributed by atoms with van der Waals surface area (Å²) in [6.45, 7) is 3.47. The summed E-state index contributed by atoms with van der Waals surface area (Å²) in [5.74, 6) is -1.72. The van der Waals surface area contributed by atoms with E-state index in [-0.39, 0.29) is 44.3 Å². The van der Waals surface area contributed by atoms with E-state index in [0.717, 1.165) is 24.6 Å². The summed E-state index contributed by atoms with van der Waals surface area (Å²) in [4.78, 5) is 8.00. The fraction of sp³-hybridized carbons (Fsp3) is 0.370. The maximum absolute atomic E-state index is 15.5. The second-order valence-electron chi connectivity index (χ2n) is 10.3. The van der Waals surface area contributed by atoms with E-state index in [1.54, 1.807) is 0 Å². The summed E-state index contributed by atoms with van der Waals surface area (Å²) >= 11 is 6.51. The van der Waals surface area contributed by atoms with Crippen molar-refractivity contribution in [3.05, 3.63) is 69.9 Å². The minimum absolute atomic E-state index is 0.0296. The van der Waals surface area contributed by atoms with Gasteiger partial charge in [-0.1, -0.05) is 22.9 Å². The van der Waals surface area contributed by atoms with E-state index in [9.17, 15) is 27.2 Å². The number of rotatable bonds is 9. The third-order valence-electron chi connectivity index (χ3n) is 6.81. The smallest absolute Gasteiger partial charge is 0.382 e. The lowest BCUT2D eigenvalue weighted by Gasteiger charge is -2.28. The normalized spacial score (nSPS) is 13.6. The Hall–Kier alpha value is -4.12. The van der Waals surface area contributed by atoms with Gasteiger partial charge in [0.1, 0.15) is 24.5 Å². The van der Waals surface area contributed by atoms with Gasteiger partial charge in [0.15, 0.2) is 0 Å². The molecule has 42 heavy (non-hydrogen) atoms. The van der Waals surface area contributed by atoms with Crippen LogP contribution >= 0.6 is 11.6 Å². The number of aromatic nitrogens is 5. The number of hydrogen-bond acceptors (Lipinski definition) is 7. The predicted octanol–water partition coefficient (Wildman–Crippen LogP) is 7.07. The molecule has 0 unspecified atom stereocenters. The Labute approximate surface area is 241 Å². The van der Waals surface area contributed by atoms with Gasteiger partial charge in [-0.25, -0.2) is 14.1 Å². The minimum Gasteiger partial charge on any atom is -0.382 e. The predicted molar refractivity (Wildman–Crippen MR) is 145 cm³/mol. The average molecular weight is 611 g/mol. The molecule has 2 atom stereocenters. The van der Waals surface area contributed by atoms with Crippen molar-refractivity contribution in [3.63, 3.8) is 0 Å². The molecule has 0 aliphatic heterocycles. The number of anilines is 2. The molecule has 0 saturated heterocycles. The van der Waals surface area contributed by atoms with Gasteiger partial charge in [0.2, 0.25) is 11.9 Å². The van der Waals surface area contributed by atoms with Crippen molar-refractivity contribution in [3.8, 4) is 6.07 Å². The number of nitrogens with zero attached hydrogens (tertiary/aromatic N) is 6. The van der Waals surface area contributed by atoms with Gasteiger partial charge < -0.3 is 10.6 Å². The Morgan fingerprint density at radius 2 is 1.88 bits per heavy atom. The van der Waals surface area contributed by atoms with Crippen molar-refractivity contribution < 1.29 is 26.3 Å². The summed E-state index contributed by atoms with van der Waals surface area (Å²) < 4.78 is 84.1. The Bertz CT molecular complexity index is 1660. The summed E-state index contributed by atoms with van der Waals surface area (Å²) in [7, 11) is 0. The highest BCUT2D eigenvalue weighted by molar-refractivity contribution is 6.35. The standard InChI is InChI=1S/C27H25ClF6N8/c1-13(9-29)42-25(31)24(40-41-42)23(17-5-6-20(30)38-14(17)2)39-16-7-18-21(37-12-26(3,4)27(32,33)34)15(10-35)11-36-22(18)19(28)8-16/h5-8,11,13,23,39H,9,12H2,1-4H3,(H,36,37)/t13-,23-/m0/s1. The first-order valence-corrected chi connectivity index (χ1v) is 12.9. The fourth-order valence-corrected chi connectivity index (χ4v) is 4.42. The fourth-order valence-electron chi connectivity index (χ4n) is 4.15. The van der Waals surface area contributed by atoms with Crippen LogP contribution in [0.4, 0.5) is 37.7 Å². The maximum atomic E-state index is 15.5. The first-order valence-electron chi connectivity index (χ1n) is 12.6. The number of pyridine rings is 2. The van der Waals surface area contributed by atoms with Crippen LogP contribution in [-0.2, 0) is 0 Å². The second-order valence-corrected chi connectivity index (χ2v) is 10.8. The number of alkyl halides is 4. The molecular weight excluding hydrogens is 586 g/mol. The van der Waals surface area contributed by atoms with Crippen LogP contribution < -0.4 is 10.6 Å². The van der Waals surface area contributed by atoms with E-state index in [4.69, 9.17) is 11.6 Å². The van der Waals surface area contributed by atoms with Crippen molar-refractivity contribution >= 4 is 33.9 Å². The lowest BCUT2D eigenvalue weighted by atomic mass is 9.92. The number of fused-ring (bicyclic) bond motifs is 1. The summed E-state index contributed by atoms with van der Waals surface area (Å²) in [5, 5.41) is 23.4. The zero-order valence-corrected chi connectivity index (χ0v) is 23.5. The molecule has 1 aromatic carbocycles. The monoisotopic (exact) mass is 610 g/mol. The molecule has 4 aromatic rings. The molecule has 3 heterocycles. The Balaban J connectivity index is 1.85. The van der Waals surface area contributed by atoms with Gasteiger partial charge in [0.25, 0.3) is 0 Å². The maximum Gasteiger partial charge on any atom is 0.395 e. The number of nitriles is 1. The molecule has 0 aliphatic rings. The molecule has 0 fully saturated rings. The van der Waals surface area contributed by atoms with E-state index < -0.39 is 48.8 Å². The molecule has 8 nitrogen and oxygen atoms in total. The molecule has 0 radical (unpaired) electrons. The number of halogens is 7. The van der Waals surface area contributed by atoms with Crippen molar-refractivity contribution in [1.29, 1.82) is 5.26 Å². The lowest BCUT2D eigenvalue weighted by molar-refractivity contribution is -0.206. The number of hydrogen-bond donors (Lipinski definition) is 2. The zero-order chi connectivity index (χ0) is 31.0. The highest BCUT2D eigenvalue weighted by atomic mass is 35.5. The molecule has 0 aliphatic carbocycles. The van der Waals surface area contributed by atoms with E-state index in [1.807, 2.05) is 6.07 Å². The first-order chi connectivity index (χ1) is 19.7. The average Bonchev–Trinajstić information content (AvgIpc) is 3.30. The molecular formula is C27H25ClF6N8. The number of aryl methyl sites for hydroxylation is 1. The van der Waals surface area contributed by atoms with Crippen molar-refractivity contribution in [2.45, 2.75) is 46.0 Å². The summed E-state index contributed by atoms with van der Waals surface area (Å²) in [6.07, 6.45) is -3.34. The lowest BCUT2D eigenvalue weighted by Crippen LogP contribution is -2.38. The highest BCUT2D eigenvalue weighted by Gasteiger charge is 2.47. The Morgan fingerprint density at radius 1 is 1.17 bits per heavy atom. The minimum atomic E-state index is -4.53. The van der Waals surface area contributed by atoms with Crippen molar-refractivity contribution in [2.24, 2.45) is 5.41 Å². The van der Waals surface area contributed by atoms with Gasteiger partial charge >= 0.3 is 6.18 Å². The quantitative estimate of drug-likeness (QED) is 0.154.